The van der Waals surface area contributed by atoms with Crippen LogP contribution in [0.4, 0.5) is 16.2 Å². The molecule has 1 unspecified atom stereocenters. The van der Waals surface area contributed by atoms with E-state index < -0.39 is 12.0 Å². The number of ether oxygens (including phenoxy) is 2. The molecule has 4 N–H and O–H groups in total. The second kappa shape index (κ2) is 9.93. The maximum Gasteiger partial charge on any atom is 0.316 e. The van der Waals surface area contributed by atoms with Crippen LogP contribution in [0.3, 0.4) is 0 Å². The molecule has 1 heterocycles. The zero-order chi connectivity index (χ0) is 20.8. The van der Waals surface area contributed by atoms with E-state index in [-0.39, 0.29) is 18.9 Å². The van der Waals surface area contributed by atoms with E-state index in [0.29, 0.717) is 17.6 Å². The first-order valence-electron chi connectivity index (χ1n) is 10.2. The highest BCUT2D eigenvalue weighted by Gasteiger charge is 2.31. The molecule has 29 heavy (non-hydrogen) atoms. The van der Waals surface area contributed by atoms with Crippen LogP contribution >= 0.6 is 0 Å². The lowest BCUT2D eigenvalue weighted by molar-refractivity contribution is -0.137. The number of carboxylic acids is 1. The zero-order valence-corrected chi connectivity index (χ0v) is 16.9. The Morgan fingerprint density at radius 2 is 2.03 bits per heavy atom. The molecule has 3 rings (SSSR count). The van der Waals surface area contributed by atoms with Crippen molar-refractivity contribution in [3.05, 3.63) is 23.8 Å². The molecular formula is C21H31N3O5. The fourth-order valence-electron chi connectivity index (χ4n) is 4.00. The predicted octanol–water partition coefficient (Wildman–Crippen LogP) is 2.78. The Hall–Kier alpha value is -2.32. The van der Waals surface area contributed by atoms with Gasteiger partial charge in [-0.1, -0.05) is 6.07 Å². The van der Waals surface area contributed by atoms with Crippen LogP contribution < -0.4 is 16.0 Å². The van der Waals surface area contributed by atoms with Gasteiger partial charge in [0.1, 0.15) is 0 Å². The van der Waals surface area contributed by atoms with Gasteiger partial charge in [-0.2, -0.15) is 0 Å². The third kappa shape index (κ3) is 6.08. The monoisotopic (exact) mass is 405 g/mol. The van der Waals surface area contributed by atoms with Gasteiger partial charge >= 0.3 is 12.0 Å². The van der Waals surface area contributed by atoms with Gasteiger partial charge in [0.2, 0.25) is 0 Å². The number of carbonyl (C=O) groups excluding carboxylic acids is 1. The van der Waals surface area contributed by atoms with E-state index in [1.54, 1.807) is 7.11 Å². The van der Waals surface area contributed by atoms with Crippen LogP contribution in [0.1, 0.15) is 43.6 Å². The van der Waals surface area contributed by atoms with Crippen molar-refractivity contribution in [2.24, 2.45) is 11.7 Å². The first kappa shape index (κ1) is 21.4. The number of amides is 2. The molecule has 1 aliphatic heterocycles. The molecule has 1 saturated carbocycles. The summed E-state index contributed by atoms with van der Waals surface area (Å²) in [4.78, 5) is 25.3. The van der Waals surface area contributed by atoms with E-state index in [0.717, 1.165) is 43.9 Å². The van der Waals surface area contributed by atoms with Crippen molar-refractivity contribution in [3.63, 3.8) is 0 Å². The van der Waals surface area contributed by atoms with Gasteiger partial charge < -0.3 is 30.5 Å². The Morgan fingerprint density at radius 1 is 1.31 bits per heavy atom. The largest absolute Gasteiger partial charge is 0.481 e. The summed E-state index contributed by atoms with van der Waals surface area (Å²) < 4.78 is 10.7. The van der Waals surface area contributed by atoms with E-state index in [1.165, 1.54) is 12.8 Å². The summed E-state index contributed by atoms with van der Waals surface area (Å²) in [6.45, 7) is 2.69. The van der Waals surface area contributed by atoms with Crippen molar-refractivity contribution < 1.29 is 24.2 Å². The Bertz CT molecular complexity index is 716. The van der Waals surface area contributed by atoms with Crippen LogP contribution in [0.5, 0.6) is 0 Å². The lowest BCUT2D eigenvalue weighted by atomic mass is 9.94. The summed E-state index contributed by atoms with van der Waals surface area (Å²) in [5.41, 5.74) is 7.80. The lowest BCUT2D eigenvalue weighted by Crippen LogP contribution is -2.41. The molecule has 8 heteroatoms. The normalized spacial score (nSPS) is 18.2. The molecule has 2 amide bonds. The number of nitrogens with one attached hydrogen (secondary N) is 1. The highest BCUT2D eigenvalue weighted by molar-refractivity contribution is 5.92. The number of benzene rings is 1. The second-order valence-corrected chi connectivity index (χ2v) is 7.96. The number of primary amides is 1. The number of hydrogen-bond donors (Lipinski definition) is 3. The number of urea groups is 1. The van der Waals surface area contributed by atoms with Gasteiger partial charge in [-0.15, -0.1) is 0 Å². The van der Waals surface area contributed by atoms with Crippen molar-refractivity contribution in [1.82, 2.24) is 0 Å². The fraction of sp³-hybridized carbons (Fsp3) is 0.619. The lowest BCUT2D eigenvalue weighted by Gasteiger charge is -2.37. The highest BCUT2D eigenvalue weighted by atomic mass is 16.5. The van der Waals surface area contributed by atoms with Crippen molar-refractivity contribution >= 4 is 23.4 Å². The average Bonchev–Trinajstić information content (AvgIpc) is 3.50. The number of methoxy groups -OCH3 is 1. The molecule has 1 aromatic carbocycles. The highest BCUT2D eigenvalue weighted by Crippen LogP contribution is 2.38. The van der Waals surface area contributed by atoms with E-state index in [1.807, 2.05) is 18.2 Å². The van der Waals surface area contributed by atoms with Crippen LogP contribution in [-0.2, 0) is 14.3 Å². The van der Waals surface area contributed by atoms with Gasteiger partial charge in [0, 0.05) is 38.8 Å². The van der Waals surface area contributed by atoms with Gasteiger partial charge in [0.25, 0.3) is 0 Å². The van der Waals surface area contributed by atoms with Crippen molar-refractivity contribution in [2.75, 3.05) is 43.7 Å². The van der Waals surface area contributed by atoms with E-state index in [9.17, 15) is 14.7 Å². The number of hydrogen-bond acceptors (Lipinski definition) is 5. The van der Waals surface area contributed by atoms with E-state index in [4.69, 9.17) is 15.2 Å². The summed E-state index contributed by atoms with van der Waals surface area (Å²) in [7, 11) is 1.55. The van der Waals surface area contributed by atoms with Crippen LogP contribution in [-0.4, -0.2) is 56.6 Å². The number of anilines is 2. The molecule has 0 bridgehead atoms. The molecule has 2 fully saturated rings. The van der Waals surface area contributed by atoms with Gasteiger partial charge in [0.15, 0.2) is 0 Å². The molecule has 1 aliphatic carbocycles. The maximum absolute atomic E-state index is 11.7. The SMILES string of the molecule is COCC(CC(=O)O)c1ccc(N(CC2CC2)C2CCOCC2)c(NC(N)=O)c1. The predicted molar refractivity (Wildman–Crippen MR) is 110 cm³/mol. The Kier molecular flexibility index (Phi) is 7.33. The van der Waals surface area contributed by atoms with Gasteiger partial charge in [-0.3, -0.25) is 4.79 Å². The number of aliphatic carboxylic acids is 1. The second-order valence-electron chi connectivity index (χ2n) is 7.96. The molecule has 160 valence electrons. The van der Waals surface area contributed by atoms with Crippen molar-refractivity contribution in [1.29, 1.82) is 0 Å². The molecule has 1 aromatic rings. The fourth-order valence-corrected chi connectivity index (χ4v) is 4.00. The minimum Gasteiger partial charge on any atom is -0.481 e. The third-order valence-electron chi connectivity index (χ3n) is 5.63. The Labute approximate surface area is 171 Å². The minimum absolute atomic E-state index is 0.0467. The number of carboxylic acid groups (broad SMARTS) is 1. The summed E-state index contributed by atoms with van der Waals surface area (Å²) in [5, 5.41) is 12.0. The average molecular weight is 405 g/mol. The summed E-state index contributed by atoms with van der Waals surface area (Å²) in [6.07, 6.45) is 4.29. The quantitative estimate of drug-likeness (QED) is 0.551. The van der Waals surface area contributed by atoms with Crippen LogP contribution in [0.15, 0.2) is 18.2 Å². The van der Waals surface area contributed by atoms with E-state index in [2.05, 4.69) is 10.2 Å². The van der Waals surface area contributed by atoms with Crippen LogP contribution in [0, 0.1) is 5.92 Å². The summed E-state index contributed by atoms with van der Waals surface area (Å²) >= 11 is 0. The maximum atomic E-state index is 11.7. The smallest absolute Gasteiger partial charge is 0.316 e. The van der Waals surface area contributed by atoms with Gasteiger partial charge in [0.05, 0.1) is 24.4 Å². The topological polar surface area (TPSA) is 114 Å². The Balaban J connectivity index is 1.94. The van der Waals surface area contributed by atoms with Gasteiger partial charge in [-0.25, -0.2) is 4.79 Å². The summed E-state index contributed by atoms with van der Waals surface area (Å²) in [5.74, 6) is -0.523. The minimum atomic E-state index is -0.891. The standard InChI is InChI=1S/C21H31N3O5/c1-28-13-16(11-20(25)26)15-4-5-19(18(10-15)23-21(22)27)24(12-14-2-3-14)17-6-8-29-9-7-17/h4-5,10,14,16-17H,2-3,6-9,11-13H2,1H3,(H,25,26)(H3,22,23,27). The van der Waals surface area contributed by atoms with Gasteiger partial charge in [-0.05, 0) is 49.3 Å². The molecule has 8 nitrogen and oxygen atoms in total. The molecule has 2 aliphatic rings. The third-order valence-corrected chi connectivity index (χ3v) is 5.63. The zero-order valence-electron chi connectivity index (χ0n) is 16.9. The molecule has 1 saturated heterocycles. The summed E-state index contributed by atoms with van der Waals surface area (Å²) in [6, 6.07) is 5.46. The molecule has 1 atom stereocenters. The molecular weight excluding hydrogens is 374 g/mol. The number of nitrogens with two attached hydrogens (primary N) is 1. The number of carbonyl (C=O) groups is 2. The van der Waals surface area contributed by atoms with E-state index >= 15 is 0 Å². The Morgan fingerprint density at radius 3 is 2.62 bits per heavy atom. The van der Waals surface area contributed by atoms with Crippen molar-refractivity contribution in [3.8, 4) is 0 Å². The number of rotatable bonds is 10. The molecule has 0 spiro atoms. The molecule has 0 aromatic heterocycles. The van der Waals surface area contributed by atoms with Crippen LogP contribution in [0.25, 0.3) is 0 Å². The first-order valence-corrected chi connectivity index (χ1v) is 10.2. The first-order chi connectivity index (χ1) is 14.0. The van der Waals surface area contributed by atoms with Crippen molar-refractivity contribution in [2.45, 2.75) is 44.1 Å². The van der Waals surface area contributed by atoms with Crippen LogP contribution in [0.2, 0.25) is 0 Å². The molecule has 0 radical (unpaired) electrons. The number of nitrogens with zero attached hydrogens (tertiary/aromatic N) is 1.